The van der Waals surface area contributed by atoms with Gasteiger partial charge in [0.05, 0.1) is 12.7 Å². The van der Waals surface area contributed by atoms with Crippen molar-refractivity contribution in [3.63, 3.8) is 0 Å². The largest absolute Gasteiger partial charge is 0.473 e. The van der Waals surface area contributed by atoms with E-state index in [9.17, 15) is 21.9 Å². The van der Waals surface area contributed by atoms with E-state index in [1.807, 2.05) is 0 Å². The quantitative estimate of drug-likeness (QED) is 0.435. The summed E-state index contributed by atoms with van der Waals surface area (Å²) in [4.78, 5) is 13.0. The van der Waals surface area contributed by atoms with Gasteiger partial charge in [0.15, 0.2) is 5.65 Å². The third kappa shape index (κ3) is 4.16. The average molecular weight is 393 g/mol. The molecule has 1 saturated carbocycles. The van der Waals surface area contributed by atoms with Crippen LogP contribution in [-0.2, 0) is 24.8 Å². The average Bonchev–Trinajstić information content (AvgIpc) is 3.09. The summed E-state index contributed by atoms with van der Waals surface area (Å²) in [6.07, 6.45) is 0.449. The second-order valence-electron chi connectivity index (χ2n) is 5.53. The van der Waals surface area contributed by atoms with Crippen LogP contribution in [-0.4, -0.2) is 60.7 Å². The topological polar surface area (TPSA) is 190 Å². The number of aliphatic hydroxyl groups excluding tert-OH is 1. The van der Waals surface area contributed by atoms with Gasteiger partial charge in [0.1, 0.15) is 17.9 Å². The Morgan fingerprint density at radius 2 is 2.08 bits per heavy atom. The molecule has 25 heavy (non-hydrogen) atoms. The van der Waals surface area contributed by atoms with Gasteiger partial charge in [-0.2, -0.15) is 21.8 Å². The zero-order valence-electron chi connectivity index (χ0n) is 12.6. The molecule has 0 saturated heterocycles. The molecule has 0 aromatic carbocycles. The summed E-state index contributed by atoms with van der Waals surface area (Å²) in [5.41, 5.74) is 0.511. The van der Waals surface area contributed by atoms with Crippen molar-refractivity contribution in [2.24, 2.45) is 11.1 Å². The predicted octanol–water partition coefficient (Wildman–Crippen LogP) is -1.56. The summed E-state index contributed by atoms with van der Waals surface area (Å²) in [5, 5.41) is 14.8. The number of imidazole rings is 1. The smallest absolute Gasteiger partial charge is 0.333 e. The summed E-state index contributed by atoms with van der Waals surface area (Å²) in [5.74, 6) is -0.358. The first-order valence-electron chi connectivity index (χ1n) is 7.10. The van der Waals surface area contributed by atoms with Crippen molar-refractivity contribution in [1.29, 1.82) is 0 Å². The molecule has 3 atom stereocenters. The van der Waals surface area contributed by atoms with Crippen molar-refractivity contribution < 1.29 is 30.9 Å². The van der Waals surface area contributed by atoms with E-state index in [1.165, 1.54) is 6.33 Å². The van der Waals surface area contributed by atoms with Gasteiger partial charge in [0.2, 0.25) is 10.7 Å². The van der Waals surface area contributed by atoms with E-state index in [0.29, 0.717) is 6.42 Å². The van der Waals surface area contributed by atoms with Gasteiger partial charge >= 0.3 is 10.3 Å². The number of ether oxygens (including phenoxy) is 1. The van der Waals surface area contributed by atoms with Crippen LogP contribution in [0, 0.1) is 10.7 Å². The van der Waals surface area contributed by atoms with Crippen molar-refractivity contribution in [3.05, 3.63) is 11.1 Å². The molecule has 12 nitrogen and oxygen atoms in total. The molecule has 0 aliphatic heterocycles. The SMILES string of the molecule is NS(=O)(=O)OC[C@@H]1C[C@@H](Oc2ncnc3[nH]c(=S(=O)=O)[nH]c23)C[C@@H]1O. The maximum atomic E-state index is 11.0. The first kappa shape index (κ1) is 17.8. The first-order valence-corrected chi connectivity index (χ1v) is 9.64. The fourth-order valence-corrected chi connectivity index (χ4v) is 3.40. The van der Waals surface area contributed by atoms with Gasteiger partial charge in [-0.3, -0.25) is 4.18 Å². The Labute approximate surface area is 142 Å². The molecule has 0 amide bonds. The molecule has 2 aromatic rings. The Bertz CT molecular complexity index is 1050. The molecule has 3 rings (SSSR count). The van der Waals surface area contributed by atoms with Crippen LogP contribution in [0.2, 0.25) is 0 Å². The van der Waals surface area contributed by atoms with Gasteiger partial charge in [-0.05, 0) is 6.42 Å². The number of aromatic amines is 2. The Morgan fingerprint density at radius 3 is 2.76 bits per heavy atom. The standard InChI is InChI=1S/C11H15N5O7S2/c12-25(20,21)22-3-5-1-6(2-7(5)17)23-10-8-9(13-4-14-10)16-11(15-8)24(18)19/h4-7,15,17H,1-3H2,(H2,12,20,21)(H,13,14,16)/t5-,6+,7-/m0/s1. The zero-order valence-corrected chi connectivity index (χ0v) is 14.2. The summed E-state index contributed by atoms with van der Waals surface area (Å²) in [7, 11) is -6.59. The minimum absolute atomic E-state index is 0.114. The highest BCUT2D eigenvalue weighted by atomic mass is 32.2. The van der Waals surface area contributed by atoms with E-state index < -0.39 is 38.7 Å². The van der Waals surface area contributed by atoms with E-state index >= 15 is 0 Å². The van der Waals surface area contributed by atoms with E-state index in [4.69, 9.17) is 9.88 Å². The van der Waals surface area contributed by atoms with Crippen LogP contribution in [0.15, 0.2) is 6.33 Å². The van der Waals surface area contributed by atoms with E-state index in [-0.39, 0.29) is 34.8 Å². The van der Waals surface area contributed by atoms with E-state index in [0.717, 1.165) is 0 Å². The molecule has 5 N–H and O–H groups in total. The molecule has 1 aliphatic carbocycles. The number of fused-ring (bicyclic) bond motifs is 1. The van der Waals surface area contributed by atoms with Gasteiger partial charge in [-0.25, -0.2) is 10.1 Å². The van der Waals surface area contributed by atoms with Crippen LogP contribution in [0.1, 0.15) is 12.8 Å². The van der Waals surface area contributed by atoms with Gasteiger partial charge < -0.3 is 19.8 Å². The Hall–Kier alpha value is -2.00. The fourth-order valence-electron chi connectivity index (χ4n) is 2.67. The van der Waals surface area contributed by atoms with E-state index in [2.05, 4.69) is 24.1 Å². The van der Waals surface area contributed by atoms with Crippen LogP contribution in [0.5, 0.6) is 5.88 Å². The number of aromatic nitrogens is 4. The first-order chi connectivity index (χ1) is 11.7. The summed E-state index contributed by atoms with van der Waals surface area (Å²) < 4.78 is 53.7. The third-order valence-electron chi connectivity index (χ3n) is 3.79. The number of hydrogen-bond acceptors (Lipinski definition) is 9. The van der Waals surface area contributed by atoms with E-state index in [1.54, 1.807) is 0 Å². The van der Waals surface area contributed by atoms with Crippen molar-refractivity contribution in [2.75, 3.05) is 6.61 Å². The second kappa shape index (κ2) is 6.72. The molecule has 14 heteroatoms. The van der Waals surface area contributed by atoms with Crippen molar-refractivity contribution in [2.45, 2.75) is 25.0 Å². The zero-order chi connectivity index (χ0) is 18.2. The molecule has 1 aliphatic rings. The number of hydrogen-bond donors (Lipinski definition) is 4. The summed E-state index contributed by atoms with van der Waals surface area (Å²) >= 11 is 0. The molecule has 0 spiro atoms. The summed E-state index contributed by atoms with van der Waals surface area (Å²) in [6, 6.07) is 0. The number of nitrogens with zero attached hydrogens (tertiary/aromatic N) is 2. The minimum atomic E-state index is -4.09. The maximum absolute atomic E-state index is 11.0. The van der Waals surface area contributed by atoms with Crippen molar-refractivity contribution in [3.8, 4) is 5.88 Å². The Morgan fingerprint density at radius 1 is 1.32 bits per heavy atom. The lowest BCUT2D eigenvalue weighted by Gasteiger charge is -2.13. The maximum Gasteiger partial charge on any atom is 0.333 e. The number of aliphatic hydroxyl groups is 1. The molecule has 0 unspecified atom stereocenters. The molecule has 2 heterocycles. The number of nitrogens with one attached hydrogen (secondary N) is 2. The summed E-state index contributed by atoms with van der Waals surface area (Å²) in [6.45, 7) is -0.255. The van der Waals surface area contributed by atoms with Gasteiger partial charge in [-0.1, -0.05) is 0 Å². The monoisotopic (exact) mass is 393 g/mol. The lowest BCUT2D eigenvalue weighted by molar-refractivity contribution is 0.0986. The Balaban J connectivity index is 1.77. The van der Waals surface area contributed by atoms with Crippen LogP contribution in [0.4, 0.5) is 0 Å². The Kier molecular flexibility index (Phi) is 4.79. The van der Waals surface area contributed by atoms with Crippen LogP contribution in [0.25, 0.3) is 11.2 Å². The van der Waals surface area contributed by atoms with Crippen LogP contribution in [0.3, 0.4) is 0 Å². The molecule has 0 bridgehead atoms. The molecule has 2 aromatic heterocycles. The van der Waals surface area contributed by atoms with Gasteiger partial charge in [-0.15, -0.1) is 0 Å². The van der Waals surface area contributed by atoms with Gasteiger partial charge in [0.25, 0.3) is 10.3 Å². The normalized spacial score (nSPS) is 23.8. The van der Waals surface area contributed by atoms with Crippen LogP contribution >= 0.6 is 0 Å². The lowest BCUT2D eigenvalue weighted by Crippen LogP contribution is -2.24. The second-order valence-corrected chi connectivity index (χ2v) is 7.63. The van der Waals surface area contributed by atoms with Crippen LogP contribution < -0.4 is 9.88 Å². The molecular weight excluding hydrogens is 378 g/mol. The highest BCUT2D eigenvalue weighted by Gasteiger charge is 2.35. The number of H-pyrrole nitrogens is 2. The number of nitrogens with two attached hydrogens (primary N) is 1. The molecule has 0 radical (unpaired) electrons. The molecule has 138 valence electrons. The highest BCUT2D eigenvalue weighted by Crippen LogP contribution is 2.31. The van der Waals surface area contributed by atoms with Gasteiger partial charge in [0, 0.05) is 12.3 Å². The highest BCUT2D eigenvalue weighted by molar-refractivity contribution is 7.84. The lowest BCUT2D eigenvalue weighted by atomic mass is 10.1. The fraction of sp³-hybridized carbons (Fsp3) is 0.545. The number of rotatable bonds is 5. The third-order valence-corrected chi connectivity index (χ3v) is 4.79. The molecular formula is C11H15N5O7S2. The van der Waals surface area contributed by atoms with Crippen molar-refractivity contribution in [1.82, 2.24) is 19.9 Å². The minimum Gasteiger partial charge on any atom is -0.473 e. The van der Waals surface area contributed by atoms with Crippen molar-refractivity contribution >= 4 is 31.8 Å². The molecule has 1 fully saturated rings. The predicted molar refractivity (Wildman–Crippen MR) is 82.6 cm³/mol.